The van der Waals surface area contributed by atoms with E-state index in [0.717, 1.165) is 37.2 Å². The summed E-state index contributed by atoms with van der Waals surface area (Å²) >= 11 is 0. The van der Waals surface area contributed by atoms with E-state index in [1.54, 1.807) is 0 Å². The van der Waals surface area contributed by atoms with Crippen molar-refractivity contribution in [1.82, 2.24) is 9.88 Å². The lowest BCUT2D eigenvalue weighted by Crippen LogP contribution is -2.23. The van der Waals surface area contributed by atoms with Crippen LogP contribution in [0.2, 0.25) is 0 Å². The quantitative estimate of drug-likeness (QED) is 0.850. The molecule has 1 aromatic carbocycles. The van der Waals surface area contributed by atoms with Gasteiger partial charge in [0.15, 0.2) is 12.0 Å². The summed E-state index contributed by atoms with van der Waals surface area (Å²) in [5, 5.41) is 0. The van der Waals surface area contributed by atoms with Gasteiger partial charge in [0.05, 0.1) is 0 Å². The van der Waals surface area contributed by atoms with E-state index in [-0.39, 0.29) is 0 Å². The highest BCUT2D eigenvalue weighted by molar-refractivity contribution is 5.72. The number of oxazole rings is 1. The standard InChI is InChI=1S/C14H21N3O/c1-11(8-15)5-6-17(2)9-12-3-4-13-14(7-12)18-10-16-13/h3-4,7,10-11H,5-6,8-9,15H2,1-2H3. The zero-order valence-corrected chi connectivity index (χ0v) is 11.1. The maximum absolute atomic E-state index is 5.62. The first-order valence-corrected chi connectivity index (χ1v) is 6.39. The summed E-state index contributed by atoms with van der Waals surface area (Å²) in [6.45, 7) is 4.94. The summed E-state index contributed by atoms with van der Waals surface area (Å²) in [4.78, 5) is 6.42. The zero-order valence-electron chi connectivity index (χ0n) is 11.1. The molecule has 1 atom stereocenters. The molecule has 1 unspecified atom stereocenters. The Balaban J connectivity index is 1.91. The average Bonchev–Trinajstić information content (AvgIpc) is 2.83. The fourth-order valence-electron chi connectivity index (χ4n) is 1.95. The zero-order chi connectivity index (χ0) is 13.0. The number of nitrogens with zero attached hydrogens (tertiary/aromatic N) is 2. The van der Waals surface area contributed by atoms with Crippen molar-refractivity contribution in [3.05, 3.63) is 30.2 Å². The Labute approximate surface area is 108 Å². The van der Waals surface area contributed by atoms with Crippen molar-refractivity contribution in [1.29, 1.82) is 0 Å². The summed E-state index contributed by atoms with van der Waals surface area (Å²) < 4.78 is 5.31. The fraction of sp³-hybridized carbons (Fsp3) is 0.500. The fourth-order valence-corrected chi connectivity index (χ4v) is 1.95. The Kier molecular flexibility index (Phi) is 4.33. The lowest BCUT2D eigenvalue weighted by atomic mass is 10.1. The van der Waals surface area contributed by atoms with Crippen LogP contribution in [-0.4, -0.2) is 30.0 Å². The van der Waals surface area contributed by atoms with E-state index in [1.165, 1.54) is 12.0 Å². The molecule has 0 saturated heterocycles. The van der Waals surface area contributed by atoms with Crippen LogP contribution in [0, 0.1) is 5.92 Å². The second-order valence-corrected chi connectivity index (χ2v) is 5.02. The van der Waals surface area contributed by atoms with Gasteiger partial charge in [0, 0.05) is 6.54 Å². The maximum Gasteiger partial charge on any atom is 0.181 e. The van der Waals surface area contributed by atoms with Gasteiger partial charge in [-0.25, -0.2) is 4.98 Å². The molecule has 0 aliphatic heterocycles. The van der Waals surface area contributed by atoms with Gasteiger partial charge in [0.1, 0.15) is 5.52 Å². The van der Waals surface area contributed by atoms with E-state index in [2.05, 4.69) is 36.0 Å². The topological polar surface area (TPSA) is 55.3 Å². The van der Waals surface area contributed by atoms with Crippen LogP contribution in [0.3, 0.4) is 0 Å². The summed E-state index contributed by atoms with van der Waals surface area (Å²) in [6, 6.07) is 6.17. The van der Waals surface area contributed by atoms with Crippen LogP contribution >= 0.6 is 0 Å². The molecule has 0 aliphatic carbocycles. The second-order valence-electron chi connectivity index (χ2n) is 5.02. The Morgan fingerprint density at radius 1 is 1.44 bits per heavy atom. The molecule has 2 rings (SSSR count). The molecular formula is C14H21N3O. The van der Waals surface area contributed by atoms with Gasteiger partial charge < -0.3 is 15.1 Å². The molecule has 2 aromatic rings. The highest BCUT2D eigenvalue weighted by atomic mass is 16.3. The molecule has 0 fully saturated rings. The summed E-state index contributed by atoms with van der Waals surface area (Å²) in [7, 11) is 2.13. The van der Waals surface area contributed by atoms with E-state index in [0.29, 0.717) is 5.92 Å². The molecule has 4 heteroatoms. The molecule has 0 amide bonds. The van der Waals surface area contributed by atoms with E-state index in [4.69, 9.17) is 10.2 Å². The summed E-state index contributed by atoms with van der Waals surface area (Å²) in [6.07, 6.45) is 2.62. The molecule has 0 spiro atoms. The SMILES string of the molecule is CC(CN)CCN(C)Cc1ccc2ncoc2c1. The second kappa shape index (κ2) is 5.98. The number of benzene rings is 1. The smallest absolute Gasteiger partial charge is 0.181 e. The van der Waals surface area contributed by atoms with Gasteiger partial charge in [-0.3, -0.25) is 0 Å². The Hall–Kier alpha value is -1.39. The minimum atomic E-state index is 0.587. The van der Waals surface area contributed by atoms with Crippen molar-refractivity contribution in [2.75, 3.05) is 20.1 Å². The lowest BCUT2D eigenvalue weighted by Gasteiger charge is -2.18. The number of nitrogens with two attached hydrogens (primary N) is 1. The lowest BCUT2D eigenvalue weighted by molar-refractivity contribution is 0.300. The van der Waals surface area contributed by atoms with E-state index in [9.17, 15) is 0 Å². The predicted octanol–water partition coefficient (Wildman–Crippen LogP) is 2.24. The van der Waals surface area contributed by atoms with Crippen molar-refractivity contribution in [3.8, 4) is 0 Å². The van der Waals surface area contributed by atoms with Crippen molar-refractivity contribution in [3.63, 3.8) is 0 Å². The Morgan fingerprint density at radius 3 is 3.06 bits per heavy atom. The van der Waals surface area contributed by atoms with Crippen LogP contribution in [0.25, 0.3) is 11.1 Å². The molecule has 98 valence electrons. The third-order valence-electron chi connectivity index (χ3n) is 3.25. The van der Waals surface area contributed by atoms with Gasteiger partial charge in [-0.05, 0) is 50.2 Å². The van der Waals surface area contributed by atoms with Gasteiger partial charge in [-0.1, -0.05) is 13.0 Å². The highest BCUT2D eigenvalue weighted by Crippen LogP contribution is 2.15. The number of rotatable bonds is 6. The molecule has 0 bridgehead atoms. The number of aromatic nitrogens is 1. The first-order chi connectivity index (χ1) is 8.69. The van der Waals surface area contributed by atoms with Crippen LogP contribution in [-0.2, 0) is 6.54 Å². The minimum Gasteiger partial charge on any atom is -0.443 e. The van der Waals surface area contributed by atoms with Crippen molar-refractivity contribution < 1.29 is 4.42 Å². The maximum atomic E-state index is 5.62. The van der Waals surface area contributed by atoms with Crippen LogP contribution in [0.5, 0.6) is 0 Å². The average molecular weight is 247 g/mol. The van der Waals surface area contributed by atoms with Crippen LogP contribution in [0.15, 0.2) is 29.0 Å². The minimum absolute atomic E-state index is 0.587. The van der Waals surface area contributed by atoms with Crippen LogP contribution in [0.4, 0.5) is 0 Å². The van der Waals surface area contributed by atoms with Gasteiger partial charge >= 0.3 is 0 Å². The van der Waals surface area contributed by atoms with Gasteiger partial charge in [0.2, 0.25) is 0 Å². The van der Waals surface area contributed by atoms with Crippen LogP contribution in [0.1, 0.15) is 18.9 Å². The predicted molar refractivity (Wildman–Crippen MR) is 73.2 cm³/mol. The first kappa shape index (κ1) is 13.1. The van der Waals surface area contributed by atoms with Gasteiger partial charge in [-0.2, -0.15) is 0 Å². The van der Waals surface area contributed by atoms with Crippen molar-refractivity contribution >= 4 is 11.1 Å². The molecule has 0 saturated carbocycles. The summed E-state index contributed by atoms with van der Waals surface area (Å²) in [5.41, 5.74) is 8.65. The van der Waals surface area contributed by atoms with Crippen molar-refractivity contribution in [2.24, 2.45) is 11.7 Å². The van der Waals surface area contributed by atoms with E-state index < -0.39 is 0 Å². The molecule has 1 heterocycles. The number of fused-ring (bicyclic) bond motifs is 1. The largest absolute Gasteiger partial charge is 0.443 e. The molecule has 4 nitrogen and oxygen atoms in total. The highest BCUT2D eigenvalue weighted by Gasteiger charge is 2.05. The van der Waals surface area contributed by atoms with Gasteiger partial charge in [-0.15, -0.1) is 0 Å². The van der Waals surface area contributed by atoms with E-state index >= 15 is 0 Å². The number of hydrogen-bond acceptors (Lipinski definition) is 4. The number of hydrogen-bond donors (Lipinski definition) is 1. The molecular weight excluding hydrogens is 226 g/mol. The molecule has 1 aromatic heterocycles. The molecule has 0 radical (unpaired) electrons. The van der Waals surface area contributed by atoms with Gasteiger partial charge in [0.25, 0.3) is 0 Å². The van der Waals surface area contributed by atoms with Crippen LogP contribution < -0.4 is 5.73 Å². The summed E-state index contributed by atoms with van der Waals surface area (Å²) in [5.74, 6) is 0.587. The van der Waals surface area contributed by atoms with E-state index in [1.807, 2.05) is 6.07 Å². The van der Waals surface area contributed by atoms with Crippen molar-refractivity contribution in [2.45, 2.75) is 19.9 Å². The monoisotopic (exact) mass is 247 g/mol. The third kappa shape index (κ3) is 3.31. The Bertz CT molecular complexity index is 494. The third-order valence-corrected chi connectivity index (χ3v) is 3.25. The Morgan fingerprint density at radius 2 is 2.28 bits per heavy atom. The normalized spacial score (nSPS) is 13.3. The molecule has 2 N–H and O–H groups in total. The molecule has 0 aliphatic rings. The molecule has 18 heavy (non-hydrogen) atoms. The first-order valence-electron chi connectivity index (χ1n) is 6.39.